The summed E-state index contributed by atoms with van der Waals surface area (Å²) in [5.41, 5.74) is 1.20. The fraction of sp³-hybridized carbons (Fsp3) is 0.263. The first-order valence-corrected chi connectivity index (χ1v) is 9.24. The van der Waals surface area contributed by atoms with Crippen LogP contribution in [0.3, 0.4) is 0 Å². The molecule has 25 heavy (non-hydrogen) atoms. The first-order chi connectivity index (χ1) is 12.0. The van der Waals surface area contributed by atoms with Crippen molar-refractivity contribution in [3.05, 3.63) is 53.1 Å². The van der Waals surface area contributed by atoms with Crippen molar-refractivity contribution < 1.29 is 9.53 Å². The minimum absolute atomic E-state index is 0.0394. The number of amides is 1. The van der Waals surface area contributed by atoms with Crippen molar-refractivity contribution in [1.82, 2.24) is 0 Å². The second kappa shape index (κ2) is 9.36. The molecule has 2 aromatic rings. The minimum atomic E-state index is -0.1000. The Hall–Kier alpha value is -2.16. The van der Waals surface area contributed by atoms with Gasteiger partial charge in [-0.2, -0.15) is 5.26 Å². The molecule has 0 unspecified atom stereocenters. The molecule has 1 N–H and O–H groups in total. The van der Waals surface area contributed by atoms with Crippen molar-refractivity contribution in [3.63, 3.8) is 0 Å². The number of para-hydroxylation sites is 1. The summed E-state index contributed by atoms with van der Waals surface area (Å²) in [5.74, 6) is 1.03. The first-order valence-electron chi connectivity index (χ1n) is 7.87. The zero-order valence-electron chi connectivity index (χ0n) is 14.1. The molecule has 2 aromatic carbocycles. The summed E-state index contributed by atoms with van der Waals surface area (Å²) >= 11 is 7.73. The number of hydrogen-bond donors (Lipinski definition) is 1. The molecule has 0 aromatic heterocycles. The molecule has 0 radical (unpaired) electrons. The van der Waals surface area contributed by atoms with Gasteiger partial charge in [-0.1, -0.05) is 17.7 Å². The van der Waals surface area contributed by atoms with Gasteiger partial charge in [0.15, 0.2) is 5.75 Å². The average molecular weight is 375 g/mol. The van der Waals surface area contributed by atoms with E-state index < -0.39 is 0 Å². The number of anilines is 1. The summed E-state index contributed by atoms with van der Waals surface area (Å²) in [4.78, 5) is 13.2. The average Bonchev–Trinajstić information content (AvgIpc) is 2.58. The number of benzene rings is 2. The summed E-state index contributed by atoms with van der Waals surface area (Å²) in [7, 11) is 0. The van der Waals surface area contributed by atoms with Crippen LogP contribution in [0, 0.1) is 11.3 Å². The Morgan fingerprint density at radius 1 is 1.28 bits per heavy atom. The SMILES string of the molecule is CC(C)Oc1c(Cl)cccc1NC(=O)CCSc1ccc(C#N)cc1. The molecule has 0 saturated carbocycles. The maximum Gasteiger partial charge on any atom is 0.225 e. The van der Waals surface area contributed by atoms with E-state index in [-0.39, 0.29) is 12.0 Å². The van der Waals surface area contributed by atoms with Crippen LogP contribution in [0.5, 0.6) is 5.75 Å². The number of nitriles is 1. The number of nitrogens with one attached hydrogen (secondary N) is 1. The number of rotatable bonds is 7. The van der Waals surface area contributed by atoms with Crippen LogP contribution in [0.25, 0.3) is 0 Å². The van der Waals surface area contributed by atoms with E-state index in [0.29, 0.717) is 34.2 Å². The third-order valence-corrected chi connectivity index (χ3v) is 4.49. The van der Waals surface area contributed by atoms with Crippen LogP contribution in [-0.4, -0.2) is 17.8 Å². The standard InChI is InChI=1S/C19H19ClN2O2S/c1-13(2)24-19-16(20)4-3-5-17(19)22-18(23)10-11-25-15-8-6-14(12-21)7-9-15/h3-9,13H,10-11H2,1-2H3,(H,22,23). The molecule has 0 heterocycles. The van der Waals surface area contributed by atoms with Gasteiger partial charge in [0.05, 0.1) is 28.4 Å². The van der Waals surface area contributed by atoms with Crippen LogP contribution in [0.2, 0.25) is 5.02 Å². The predicted molar refractivity (Wildman–Crippen MR) is 102 cm³/mol. The van der Waals surface area contributed by atoms with E-state index in [1.165, 1.54) is 0 Å². The molecule has 4 nitrogen and oxygen atoms in total. The highest BCUT2D eigenvalue weighted by Gasteiger charge is 2.12. The number of carbonyl (C=O) groups is 1. The van der Waals surface area contributed by atoms with Gasteiger partial charge >= 0.3 is 0 Å². The van der Waals surface area contributed by atoms with Crippen molar-refractivity contribution in [3.8, 4) is 11.8 Å². The lowest BCUT2D eigenvalue weighted by Gasteiger charge is -2.16. The Bertz CT molecular complexity index is 770. The predicted octanol–water partition coefficient (Wildman–Crippen LogP) is 5.12. The molecule has 0 spiro atoms. The van der Waals surface area contributed by atoms with E-state index in [9.17, 15) is 4.79 Å². The van der Waals surface area contributed by atoms with Crippen molar-refractivity contribution in [2.45, 2.75) is 31.3 Å². The molecule has 6 heteroatoms. The van der Waals surface area contributed by atoms with Gasteiger partial charge in [-0.05, 0) is 50.2 Å². The van der Waals surface area contributed by atoms with Gasteiger partial charge in [-0.3, -0.25) is 4.79 Å². The summed E-state index contributed by atoms with van der Waals surface area (Å²) < 4.78 is 5.69. The van der Waals surface area contributed by atoms with E-state index in [1.54, 1.807) is 42.1 Å². The lowest BCUT2D eigenvalue weighted by molar-refractivity contribution is -0.115. The topological polar surface area (TPSA) is 62.1 Å². The number of hydrogen-bond acceptors (Lipinski definition) is 4. The lowest BCUT2D eigenvalue weighted by atomic mass is 10.2. The maximum atomic E-state index is 12.2. The number of carbonyl (C=O) groups excluding carboxylic acids is 1. The smallest absolute Gasteiger partial charge is 0.225 e. The highest BCUT2D eigenvalue weighted by Crippen LogP contribution is 2.33. The molecule has 0 aliphatic heterocycles. The monoisotopic (exact) mass is 374 g/mol. The van der Waals surface area contributed by atoms with Gasteiger partial charge in [0, 0.05) is 17.1 Å². The van der Waals surface area contributed by atoms with Crippen LogP contribution >= 0.6 is 23.4 Å². The summed E-state index contributed by atoms with van der Waals surface area (Å²) in [5, 5.41) is 12.1. The van der Waals surface area contributed by atoms with E-state index in [2.05, 4.69) is 11.4 Å². The molecule has 1 amide bonds. The fourth-order valence-electron chi connectivity index (χ4n) is 2.06. The third kappa shape index (κ3) is 6.00. The highest BCUT2D eigenvalue weighted by atomic mass is 35.5. The van der Waals surface area contributed by atoms with Gasteiger partial charge in [-0.15, -0.1) is 11.8 Å². The second-order valence-corrected chi connectivity index (χ2v) is 7.14. The Balaban J connectivity index is 1.90. The molecule has 2 rings (SSSR count). The Kier molecular flexibility index (Phi) is 7.17. The van der Waals surface area contributed by atoms with E-state index in [0.717, 1.165) is 4.90 Å². The summed E-state index contributed by atoms with van der Waals surface area (Å²) in [6.45, 7) is 3.81. The Morgan fingerprint density at radius 3 is 2.64 bits per heavy atom. The number of nitrogens with zero attached hydrogens (tertiary/aromatic N) is 1. The molecular weight excluding hydrogens is 356 g/mol. The van der Waals surface area contributed by atoms with Crippen LogP contribution in [0.1, 0.15) is 25.8 Å². The maximum absolute atomic E-state index is 12.2. The van der Waals surface area contributed by atoms with Gasteiger partial charge in [0.1, 0.15) is 0 Å². The van der Waals surface area contributed by atoms with Crippen LogP contribution in [0.4, 0.5) is 5.69 Å². The van der Waals surface area contributed by atoms with Crippen molar-refractivity contribution in [2.75, 3.05) is 11.1 Å². The molecule has 0 aliphatic rings. The Morgan fingerprint density at radius 2 is 2.00 bits per heavy atom. The van der Waals surface area contributed by atoms with E-state index >= 15 is 0 Å². The zero-order chi connectivity index (χ0) is 18.2. The minimum Gasteiger partial charge on any atom is -0.487 e. The third-order valence-electron chi connectivity index (χ3n) is 3.18. The zero-order valence-corrected chi connectivity index (χ0v) is 15.7. The lowest BCUT2D eigenvalue weighted by Crippen LogP contribution is -2.15. The van der Waals surface area contributed by atoms with Gasteiger partial charge < -0.3 is 10.1 Å². The first kappa shape index (κ1) is 19.2. The van der Waals surface area contributed by atoms with Gasteiger partial charge in [0.25, 0.3) is 0 Å². The summed E-state index contributed by atoms with van der Waals surface area (Å²) in [6.07, 6.45) is 0.320. The molecule has 0 aliphatic carbocycles. The van der Waals surface area contributed by atoms with Crippen LogP contribution in [0.15, 0.2) is 47.4 Å². The molecule has 0 bridgehead atoms. The van der Waals surface area contributed by atoms with Crippen LogP contribution < -0.4 is 10.1 Å². The molecule has 0 saturated heterocycles. The van der Waals surface area contributed by atoms with E-state index in [1.807, 2.05) is 26.0 Å². The van der Waals surface area contributed by atoms with Crippen molar-refractivity contribution in [2.24, 2.45) is 0 Å². The quantitative estimate of drug-likeness (QED) is 0.683. The van der Waals surface area contributed by atoms with E-state index in [4.69, 9.17) is 21.6 Å². The Labute approximate surface area is 157 Å². The number of halogens is 1. The molecule has 0 fully saturated rings. The summed E-state index contributed by atoms with van der Waals surface area (Å²) in [6, 6.07) is 14.7. The molecular formula is C19H19ClN2O2S. The fourth-order valence-corrected chi connectivity index (χ4v) is 3.13. The van der Waals surface area contributed by atoms with Gasteiger partial charge in [-0.25, -0.2) is 0 Å². The highest BCUT2D eigenvalue weighted by molar-refractivity contribution is 7.99. The van der Waals surface area contributed by atoms with Crippen LogP contribution in [-0.2, 0) is 4.79 Å². The second-order valence-electron chi connectivity index (χ2n) is 5.57. The largest absolute Gasteiger partial charge is 0.487 e. The normalized spacial score (nSPS) is 10.4. The molecule has 0 atom stereocenters. The van der Waals surface area contributed by atoms with Crippen molar-refractivity contribution >= 4 is 35.0 Å². The van der Waals surface area contributed by atoms with Crippen molar-refractivity contribution in [1.29, 1.82) is 5.26 Å². The number of thioether (sulfide) groups is 1. The molecule has 130 valence electrons. The van der Waals surface area contributed by atoms with Gasteiger partial charge in [0.2, 0.25) is 5.91 Å². The number of ether oxygens (including phenoxy) is 1.